The van der Waals surface area contributed by atoms with E-state index >= 15 is 0 Å². The number of rotatable bonds is 5. The zero-order valence-electron chi connectivity index (χ0n) is 9.38. The molecule has 0 bridgehead atoms. The molecule has 1 rings (SSSR count). The predicted octanol–water partition coefficient (Wildman–Crippen LogP) is 2.41. The van der Waals surface area contributed by atoms with Gasteiger partial charge in [-0.2, -0.15) is 0 Å². The van der Waals surface area contributed by atoms with Gasteiger partial charge in [-0.05, 0) is 5.92 Å². The minimum atomic E-state index is -4.33. The van der Waals surface area contributed by atoms with Crippen molar-refractivity contribution in [2.45, 2.75) is 11.8 Å². The van der Waals surface area contributed by atoms with Crippen molar-refractivity contribution in [1.82, 2.24) is 4.72 Å². The van der Waals surface area contributed by atoms with Gasteiger partial charge in [0.1, 0.15) is 17.5 Å². The molecule has 1 atom stereocenters. The first kappa shape index (κ1) is 15.5. The summed E-state index contributed by atoms with van der Waals surface area (Å²) in [7, 11) is -4.33. The largest absolute Gasteiger partial charge is 0.246 e. The van der Waals surface area contributed by atoms with E-state index in [2.05, 4.69) is 20.7 Å². The van der Waals surface area contributed by atoms with Crippen molar-refractivity contribution in [2.75, 3.05) is 11.9 Å². The number of sulfonamides is 1. The molecule has 1 aromatic carbocycles. The Bertz CT molecular complexity index is 513. The van der Waals surface area contributed by atoms with Crippen molar-refractivity contribution in [1.29, 1.82) is 0 Å². The molecular formula is C10H11BrF3NO2S. The summed E-state index contributed by atoms with van der Waals surface area (Å²) in [5.41, 5.74) is 0. The van der Waals surface area contributed by atoms with Crippen molar-refractivity contribution >= 4 is 26.0 Å². The SMILES string of the molecule is CC(CBr)CNS(=O)(=O)c1c(F)cc(F)cc1F. The first-order valence-corrected chi connectivity index (χ1v) is 7.58. The van der Waals surface area contributed by atoms with Crippen LogP contribution in [-0.4, -0.2) is 20.3 Å². The summed E-state index contributed by atoms with van der Waals surface area (Å²) in [4.78, 5) is -1.16. The van der Waals surface area contributed by atoms with Crippen LogP contribution in [0.4, 0.5) is 13.2 Å². The lowest BCUT2D eigenvalue weighted by atomic mass is 10.2. The van der Waals surface area contributed by atoms with Crippen molar-refractivity contribution in [3.8, 4) is 0 Å². The molecule has 8 heteroatoms. The van der Waals surface area contributed by atoms with Gasteiger partial charge in [0.05, 0.1) is 0 Å². The Morgan fingerprint density at radius 3 is 2.22 bits per heavy atom. The van der Waals surface area contributed by atoms with Crippen LogP contribution in [-0.2, 0) is 10.0 Å². The molecule has 1 unspecified atom stereocenters. The number of nitrogens with one attached hydrogen (secondary N) is 1. The van der Waals surface area contributed by atoms with Crippen LogP contribution in [0.5, 0.6) is 0 Å². The van der Waals surface area contributed by atoms with Gasteiger partial charge < -0.3 is 0 Å². The first-order chi connectivity index (χ1) is 8.27. The van der Waals surface area contributed by atoms with E-state index in [1.807, 2.05) is 0 Å². The molecule has 0 spiro atoms. The second kappa shape index (κ2) is 6.03. The maximum Gasteiger partial charge on any atom is 0.246 e. The van der Waals surface area contributed by atoms with Crippen molar-refractivity contribution in [2.24, 2.45) is 5.92 Å². The van der Waals surface area contributed by atoms with Crippen LogP contribution in [0.15, 0.2) is 17.0 Å². The summed E-state index contributed by atoms with van der Waals surface area (Å²) in [5.74, 6) is -4.12. The summed E-state index contributed by atoms with van der Waals surface area (Å²) in [6.45, 7) is 1.76. The highest BCUT2D eigenvalue weighted by Crippen LogP contribution is 2.20. The Hall–Kier alpha value is -0.600. The van der Waals surface area contributed by atoms with Crippen molar-refractivity contribution < 1.29 is 21.6 Å². The first-order valence-electron chi connectivity index (χ1n) is 4.98. The van der Waals surface area contributed by atoms with E-state index in [0.29, 0.717) is 17.5 Å². The Morgan fingerprint density at radius 1 is 1.28 bits per heavy atom. The van der Waals surface area contributed by atoms with Crippen molar-refractivity contribution in [3.63, 3.8) is 0 Å². The second-order valence-electron chi connectivity index (χ2n) is 3.81. The molecule has 0 heterocycles. The van der Waals surface area contributed by atoms with E-state index in [4.69, 9.17) is 0 Å². The maximum atomic E-state index is 13.3. The quantitative estimate of drug-likeness (QED) is 0.833. The number of benzene rings is 1. The minimum Gasteiger partial charge on any atom is -0.211 e. The maximum absolute atomic E-state index is 13.3. The Kier molecular flexibility index (Phi) is 5.18. The molecule has 1 aromatic rings. The van der Waals surface area contributed by atoms with Crippen LogP contribution in [0.1, 0.15) is 6.92 Å². The molecule has 0 aliphatic carbocycles. The van der Waals surface area contributed by atoms with Crippen LogP contribution in [0.3, 0.4) is 0 Å². The number of hydrogen-bond acceptors (Lipinski definition) is 2. The predicted molar refractivity (Wildman–Crippen MR) is 64.5 cm³/mol. The summed E-state index contributed by atoms with van der Waals surface area (Å²) >= 11 is 3.14. The van der Waals surface area contributed by atoms with E-state index in [1.165, 1.54) is 0 Å². The Morgan fingerprint density at radius 2 is 1.78 bits per heavy atom. The van der Waals surface area contributed by atoms with Crippen molar-refractivity contribution in [3.05, 3.63) is 29.6 Å². The third-order valence-corrected chi connectivity index (χ3v) is 4.70. The zero-order valence-corrected chi connectivity index (χ0v) is 11.8. The third kappa shape index (κ3) is 3.69. The molecule has 1 N–H and O–H groups in total. The number of alkyl halides is 1. The molecule has 0 aromatic heterocycles. The van der Waals surface area contributed by atoms with Crippen LogP contribution in [0, 0.1) is 23.4 Å². The Balaban J connectivity index is 3.06. The summed E-state index contributed by atoms with van der Waals surface area (Å²) in [6.07, 6.45) is 0. The highest BCUT2D eigenvalue weighted by atomic mass is 79.9. The van der Waals surface area contributed by atoms with Gasteiger partial charge in [-0.15, -0.1) is 0 Å². The van der Waals surface area contributed by atoms with Gasteiger partial charge in [0.2, 0.25) is 10.0 Å². The molecule has 0 aliphatic rings. The van der Waals surface area contributed by atoms with E-state index in [0.717, 1.165) is 0 Å². The lowest BCUT2D eigenvalue weighted by Crippen LogP contribution is -2.30. The van der Waals surface area contributed by atoms with Gasteiger partial charge >= 0.3 is 0 Å². The fourth-order valence-corrected chi connectivity index (χ4v) is 2.67. The molecular weight excluding hydrogens is 335 g/mol. The molecule has 3 nitrogen and oxygen atoms in total. The van der Waals surface area contributed by atoms with Crippen LogP contribution >= 0.6 is 15.9 Å². The number of halogens is 4. The minimum absolute atomic E-state index is 0.0177. The van der Waals surface area contributed by atoms with E-state index in [1.54, 1.807) is 6.92 Å². The molecule has 0 amide bonds. The normalized spacial score (nSPS) is 13.6. The van der Waals surface area contributed by atoms with Gasteiger partial charge in [0, 0.05) is 24.0 Å². The highest BCUT2D eigenvalue weighted by molar-refractivity contribution is 9.09. The topological polar surface area (TPSA) is 46.2 Å². The molecule has 0 fully saturated rings. The van der Waals surface area contributed by atoms with Crippen LogP contribution in [0.2, 0.25) is 0 Å². The lowest BCUT2D eigenvalue weighted by Gasteiger charge is -2.11. The highest BCUT2D eigenvalue weighted by Gasteiger charge is 2.25. The summed E-state index contributed by atoms with van der Waals surface area (Å²) < 4.78 is 64.7. The van der Waals surface area contributed by atoms with Crippen LogP contribution < -0.4 is 4.72 Å². The average Bonchev–Trinajstić information content (AvgIpc) is 2.24. The van der Waals surface area contributed by atoms with E-state index in [9.17, 15) is 21.6 Å². The summed E-state index contributed by atoms with van der Waals surface area (Å²) in [6, 6.07) is 0.650. The average molecular weight is 346 g/mol. The standard InChI is InChI=1S/C10H11BrF3NO2S/c1-6(4-11)5-15-18(16,17)10-8(13)2-7(12)3-9(10)14/h2-3,6,15H,4-5H2,1H3. The smallest absolute Gasteiger partial charge is 0.211 e. The fraction of sp³-hybridized carbons (Fsp3) is 0.400. The van der Waals surface area contributed by atoms with Gasteiger partial charge in [0.25, 0.3) is 0 Å². The lowest BCUT2D eigenvalue weighted by molar-refractivity contribution is 0.491. The number of hydrogen-bond donors (Lipinski definition) is 1. The molecule has 0 radical (unpaired) electrons. The molecule has 0 aliphatic heterocycles. The zero-order chi connectivity index (χ0) is 13.9. The van der Waals surface area contributed by atoms with Crippen LogP contribution in [0.25, 0.3) is 0 Å². The third-order valence-electron chi connectivity index (χ3n) is 2.12. The Labute approximate surface area is 112 Å². The second-order valence-corrected chi connectivity index (χ2v) is 6.16. The van der Waals surface area contributed by atoms with Gasteiger partial charge in [-0.1, -0.05) is 22.9 Å². The van der Waals surface area contributed by atoms with Gasteiger partial charge in [-0.25, -0.2) is 26.3 Å². The fourth-order valence-electron chi connectivity index (χ4n) is 1.16. The van der Waals surface area contributed by atoms with Gasteiger partial charge in [0.15, 0.2) is 4.90 Å². The monoisotopic (exact) mass is 345 g/mol. The summed E-state index contributed by atoms with van der Waals surface area (Å²) in [5, 5.41) is 0.532. The molecule has 18 heavy (non-hydrogen) atoms. The van der Waals surface area contributed by atoms with Gasteiger partial charge in [-0.3, -0.25) is 0 Å². The molecule has 0 saturated carbocycles. The van der Waals surface area contributed by atoms with E-state index < -0.39 is 32.4 Å². The molecule has 0 saturated heterocycles. The van der Waals surface area contributed by atoms with E-state index in [-0.39, 0.29) is 12.5 Å². The molecule has 102 valence electrons.